The van der Waals surface area contributed by atoms with Crippen LogP contribution < -0.4 is 10.6 Å². The van der Waals surface area contributed by atoms with E-state index in [4.69, 9.17) is 5.11 Å². The van der Waals surface area contributed by atoms with Crippen LogP contribution in [0.3, 0.4) is 0 Å². The van der Waals surface area contributed by atoms with E-state index in [2.05, 4.69) is 10.6 Å². The van der Waals surface area contributed by atoms with E-state index in [0.717, 1.165) is 17.7 Å². The lowest BCUT2D eigenvalue weighted by Crippen LogP contribution is -2.29. The van der Waals surface area contributed by atoms with Crippen LogP contribution in [0.1, 0.15) is 18.9 Å². The molecule has 4 nitrogen and oxygen atoms in total. The zero-order chi connectivity index (χ0) is 11.1. The van der Waals surface area contributed by atoms with Gasteiger partial charge in [-0.15, -0.1) is 0 Å². The van der Waals surface area contributed by atoms with Gasteiger partial charge in [0.2, 0.25) is 0 Å². The van der Waals surface area contributed by atoms with Crippen molar-refractivity contribution >= 4 is 11.7 Å². The molecule has 0 heterocycles. The maximum atomic E-state index is 11.3. The molecule has 0 aromatic heterocycles. The van der Waals surface area contributed by atoms with Crippen LogP contribution in [0.15, 0.2) is 24.3 Å². The Morgan fingerprint density at radius 2 is 2.00 bits per heavy atom. The fraction of sp³-hybridized carbons (Fsp3) is 0.364. The number of aliphatic hydroxyl groups excluding tert-OH is 1. The summed E-state index contributed by atoms with van der Waals surface area (Å²) in [5, 5.41) is 14.2. The van der Waals surface area contributed by atoms with E-state index >= 15 is 0 Å². The molecule has 0 atom stereocenters. The zero-order valence-corrected chi connectivity index (χ0v) is 8.79. The Bertz CT molecular complexity index is 309. The van der Waals surface area contributed by atoms with Crippen LogP contribution in [0.5, 0.6) is 0 Å². The number of aliphatic hydroxyl groups is 1. The van der Waals surface area contributed by atoms with Gasteiger partial charge in [0.25, 0.3) is 0 Å². The van der Waals surface area contributed by atoms with E-state index in [9.17, 15) is 4.79 Å². The molecule has 82 valence electrons. The molecule has 0 radical (unpaired) electrons. The monoisotopic (exact) mass is 208 g/mol. The van der Waals surface area contributed by atoms with Crippen molar-refractivity contribution in [3.05, 3.63) is 29.8 Å². The maximum Gasteiger partial charge on any atom is 0.319 e. The number of rotatable bonds is 4. The van der Waals surface area contributed by atoms with Crippen molar-refractivity contribution in [3.63, 3.8) is 0 Å². The highest BCUT2D eigenvalue weighted by Gasteiger charge is 1.99. The minimum atomic E-state index is -0.200. The third-order valence-corrected chi connectivity index (χ3v) is 1.93. The van der Waals surface area contributed by atoms with Crippen LogP contribution in [0.4, 0.5) is 10.5 Å². The van der Waals surface area contributed by atoms with Crippen molar-refractivity contribution in [2.75, 3.05) is 11.9 Å². The molecule has 0 unspecified atom stereocenters. The summed E-state index contributed by atoms with van der Waals surface area (Å²) in [5.41, 5.74) is 1.55. The zero-order valence-electron chi connectivity index (χ0n) is 8.79. The Morgan fingerprint density at radius 3 is 2.53 bits per heavy atom. The summed E-state index contributed by atoms with van der Waals surface area (Å²) in [5.74, 6) is 0. The first-order valence-corrected chi connectivity index (χ1v) is 5.01. The Balaban J connectivity index is 2.46. The van der Waals surface area contributed by atoms with Crippen molar-refractivity contribution in [2.45, 2.75) is 20.0 Å². The van der Waals surface area contributed by atoms with Crippen LogP contribution in [0.2, 0.25) is 0 Å². The normalized spacial score (nSPS) is 9.73. The second-order valence-corrected chi connectivity index (χ2v) is 3.24. The first-order chi connectivity index (χ1) is 7.26. The molecule has 0 saturated heterocycles. The molecule has 1 rings (SSSR count). The Morgan fingerprint density at radius 1 is 1.33 bits per heavy atom. The highest BCUT2D eigenvalue weighted by Crippen LogP contribution is 2.08. The number of hydrogen-bond acceptors (Lipinski definition) is 2. The van der Waals surface area contributed by atoms with Crippen LogP contribution in [0, 0.1) is 0 Å². The highest BCUT2D eigenvalue weighted by molar-refractivity contribution is 5.89. The minimum absolute atomic E-state index is 0.0162. The van der Waals surface area contributed by atoms with Gasteiger partial charge < -0.3 is 15.7 Å². The number of carbonyl (C=O) groups is 1. The number of benzene rings is 1. The smallest absolute Gasteiger partial charge is 0.319 e. The topological polar surface area (TPSA) is 61.4 Å². The van der Waals surface area contributed by atoms with Crippen molar-refractivity contribution in [2.24, 2.45) is 0 Å². The van der Waals surface area contributed by atoms with Crippen molar-refractivity contribution in [3.8, 4) is 0 Å². The van der Waals surface area contributed by atoms with Gasteiger partial charge in [0, 0.05) is 12.2 Å². The molecule has 0 bridgehead atoms. The maximum absolute atomic E-state index is 11.3. The van der Waals surface area contributed by atoms with Crippen LogP contribution in [-0.2, 0) is 6.61 Å². The largest absolute Gasteiger partial charge is 0.392 e. The van der Waals surface area contributed by atoms with E-state index in [1.54, 1.807) is 24.3 Å². The SMILES string of the molecule is CCCNC(=O)Nc1ccc(CO)cc1. The first-order valence-electron chi connectivity index (χ1n) is 5.01. The molecule has 0 fully saturated rings. The third-order valence-electron chi connectivity index (χ3n) is 1.93. The fourth-order valence-corrected chi connectivity index (χ4v) is 1.11. The summed E-state index contributed by atoms with van der Waals surface area (Å²) in [6.07, 6.45) is 0.914. The summed E-state index contributed by atoms with van der Waals surface area (Å²) in [4.78, 5) is 11.3. The van der Waals surface area contributed by atoms with Crippen molar-refractivity contribution < 1.29 is 9.90 Å². The standard InChI is InChI=1S/C11H16N2O2/c1-2-7-12-11(15)13-10-5-3-9(8-14)4-6-10/h3-6,14H,2,7-8H2,1H3,(H2,12,13,15). The second-order valence-electron chi connectivity index (χ2n) is 3.24. The van der Waals surface area contributed by atoms with Gasteiger partial charge in [-0.05, 0) is 24.1 Å². The van der Waals surface area contributed by atoms with Gasteiger partial charge in [0.05, 0.1) is 6.61 Å². The van der Waals surface area contributed by atoms with E-state index in [1.807, 2.05) is 6.92 Å². The molecular weight excluding hydrogens is 192 g/mol. The molecular formula is C11H16N2O2. The molecule has 2 amide bonds. The fourth-order valence-electron chi connectivity index (χ4n) is 1.11. The number of urea groups is 1. The van der Waals surface area contributed by atoms with E-state index < -0.39 is 0 Å². The molecule has 0 aliphatic heterocycles. The lowest BCUT2D eigenvalue weighted by Gasteiger charge is -2.06. The van der Waals surface area contributed by atoms with E-state index in [0.29, 0.717) is 6.54 Å². The lowest BCUT2D eigenvalue weighted by molar-refractivity contribution is 0.252. The number of nitrogens with one attached hydrogen (secondary N) is 2. The van der Waals surface area contributed by atoms with E-state index in [-0.39, 0.29) is 12.6 Å². The summed E-state index contributed by atoms with van der Waals surface area (Å²) in [6.45, 7) is 2.68. The Labute approximate surface area is 89.3 Å². The van der Waals surface area contributed by atoms with Gasteiger partial charge in [-0.1, -0.05) is 19.1 Å². The predicted molar refractivity (Wildman–Crippen MR) is 59.7 cm³/mol. The molecule has 1 aromatic carbocycles. The van der Waals surface area contributed by atoms with Gasteiger partial charge in [-0.3, -0.25) is 0 Å². The number of anilines is 1. The number of hydrogen-bond donors (Lipinski definition) is 3. The van der Waals surface area contributed by atoms with Crippen LogP contribution >= 0.6 is 0 Å². The average Bonchev–Trinajstić information content (AvgIpc) is 2.27. The molecule has 1 aromatic rings. The molecule has 0 saturated carbocycles. The predicted octanol–water partition coefficient (Wildman–Crippen LogP) is 1.71. The third kappa shape index (κ3) is 3.99. The molecule has 3 N–H and O–H groups in total. The summed E-state index contributed by atoms with van der Waals surface area (Å²) >= 11 is 0. The van der Waals surface area contributed by atoms with Crippen LogP contribution in [0.25, 0.3) is 0 Å². The quantitative estimate of drug-likeness (QED) is 0.705. The number of carbonyl (C=O) groups excluding carboxylic acids is 1. The Kier molecular flexibility index (Phi) is 4.63. The van der Waals surface area contributed by atoms with Crippen molar-refractivity contribution in [1.29, 1.82) is 0 Å². The minimum Gasteiger partial charge on any atom is -0.392 e. The molecule has 4 heteroatoms. The number of amides is 2. The average molecular weight is 208 g/mol. The summed E-state index contributed by atoms with van der Waals surface area (Å²) < 4.78 is 0. The molecule has 0 aliphatic rings. The highest BCUT2D eigenvalue weighted by atomic mass is 16.3. The summed E-state index contributed by atoms with van der Waals surface area (Å²) in [6, 6.07) is 6.87. The van der Waals surface area contributed by atoms with Gasteiger partial charge in [-0.2, -0.15) is 0 Å². The first kappa shape index (κ1) is 11.5. The second kappa shape index (κ2) is 6.03. The van der Waals surface area contributed by atoms with Gasteiger partial charge in [0.1, 0.15) is 0 Å². The lowest BCUT2D eigenvalue weighted by atomic mass is 10.2. The molecule has 15 heavy (non-hydrogen) atoms. The van der Waals surface area contributed by atoms with Gasteiger partial charge in [-0.25, -0.2) is 4.79 Å². The molecule has 0 spiro atoms. The summed E-state index contributed by atoms with van der Waals surface area (Å²) in [7, 11) is 0. The molecule has 0 aliphatic carbocycles. The van der Waals surface area contributed by atoms with E-state index in [1.165, 1.54) is 0 Å². The Hall–Kier alpha value is -1.55. The van der Waals surface area contributed by atoms with Crippen LogP contribution in [-0.4, -0.2) is 17.7 Å². The van der Waals surface area contributed by atoms with Gasteiger partial charge in [0.15, 0.2) is 0 Å². The van der Waals surface area contributed by atoms with Crippen molar-refractivity contribution in [1.82, 2.24) is 5.32 Å². The van der Waals surface area contributed by atoms with Gasteiger partial charge >= 0.3 is 6.03 Å².